The van der Waals surface area contributed by atoms with Gasteiger partial charge in [0.05, 0.1) is 17.7 Å². The molecule has 2 N–H and O–H groups in total. The van der Waals surface area contributed by atoms with Gasteiger partial charge in [-0.15, -0.1) is 10.2 Å². The van der Waals surface area contributed by atoms with E-state index in [4.69, 9.17) is 4.74 Å². The standard InChI is InChI=1S/C25H22N6O2S/c1-14(2)33-21-9-6-15(12-16(21)13-26)24-30-31-25(34-24)19-5-3-4-18-17(19)7-8-20(18)29-23(32)22-27-10-11-28-22/h3-6,9-12,14,20H,7-8H2,1-2H3,(H,27,28)(H,29,32)/t20-/m0/s1. The van der Waals surface area contributed by atoms with Crippen LogP contribution in [0.25, 0.3) is 21.1 Å². The number of rotatable bonds is 6. The smallest absolute Gasteiger partial charge is 0.287 e. The first-order chi connectivity index (χ1) is 16.5. The molecule has 1 atom stereocenters. The van der Waals surface area contributed by atoms with Gasteiger partial charge in [-0.25, -0.2) is 4.98 Å². The van der Waals surface area contributed by atoms with Crippen molar-refractivity contribution in [2.45, 2.75) is 38.8 Å². The fourth-order valence-corrected chi connectivity index (χ4v) is 5.07. The summed E-state index contributed by atoms with van der Waals surface area (Å²) in [7, 11) is 0. The van der Waals surface area contributed by atoms with E-state index in [2.05, 4.69) is 31.6 Å². The topological polar surface area (TPSA) is 117 Å². The minimum Gasteiger partial charge on any atom is -0.490 e. The van der Waals surface area contributed by atoms with Crippen LogP contribution >= 0.6 is 11.3 Å². The normalized spacial score (nSPS) is 14.6. The molecule has 0 fully saturated rings. The molecule has 2 aromatic heterocycles. The van der Waals surface area contributed by atoms with Gasteiger partial charge in [0.2, 0.25) is 0 Å². The summed E-state index contributed by atoms with van der Waals surface area (Å²) in [6, 6.07) is 13.7. The van der Waals surface area contributed by atoms with Gasteiger partial charge in [0.25, 0.3) is 5.91 Å². The Labute approximate surface area is 200 Å². The Morgan fingerprint density at radius 1 is 1.26 bits per heavy atom. The lowest BCUT2D eigenvalue weighted by atomic mass is 10.0. The zero-order chi connectivity index (χ0) is 23.7. The van der Waals surface area contributed by atoms with Crippen molar-refractivity contribution in [3.8, 4) is 33.0 Å². The van der Waals surface area contributed by atoms with Gasteiger partial charge in [-0.1, -0.05) is 29.5 Å². The molecule has 0 saturated carbocycles. The van der Waals surface area contributed by atoms with E-state index in [1.165, 1.54) is 16.9 Å². The highest BCUT2D eigenvalue weighted by Gasteiger charge is 2.28. The molecule has 0 bridgehead atoms. The highest BCUT2D eigenvalue weighted by atomic mass is 32.1. The monoisotopic (exact) mass is 470 g/mol. The predicted molar refractivity (Wildman–Crippen MR) is 128 cm³/mol. The number of carbonyl (C=O) groups excluding carboxylic acids is 1. The summed E-state index contributed by atoms with van der Waals surface area (Å²) in [5.41, 5.74) is 4.59. The number of ether oxygens (including phenoxy) is 1. The summed E-state index contributed by atoms with van der Waals surface area (Å²) in [4.78, 5) is 19.3. The molecule has 1 amide bonds. The molecule has 34 heavy (non-hydrogen) atoms. The minimum absolute atomic E-state index is 0.0149. The third-order valence-electron chi connectivity index (χ3n) is 5.65. The van der Waals surface area contributed by atoms with Crippen LogP contribution in [-0.2, 0) is 6.42 Å². The largest absolute Gasteiger partial charge is 0.490 e. The Morgan fingerprint density at radius 2 is 2.12 bits per heavy atom. The Kier molecular flexibility index (Phi) is 5.82. The summed E-state index contributed by atoms with van der Waals surface area (Å²) >= 11 is 1.48. The first kappa shape index (κ1) is 21.8. The number of carbonyl (C=O) groups is 1. The fourth-order valence-electron chi connectivity index (χ4n) is 4.18. The van der Waals surface area contributed by atoms with Gasteiger partial charge in [-0.2, -0.15) is 5.26 Å². The first-order valence-corrected chi connectivity index (χ1v) is 11.8. The number of nitriles is 1. The third kappa shape index (κ3) is 4.16. The molecule has 2 heterocycles. The Bertz CT molecular complexity index is 1390. The molecule has 0 radical (unpaired) electrons. The van der Waals surface area contributed by atoms with E-state index in [-0.39, 0.29) is 18.1 Å². The van der Waals surface area contributed by atoms with Crippen molar-refractivity contribution in [3.63, 3.8) is 0 Å². The zero-order valence-corrected chi connectivity index (χ0v) is 19.5. The number of amides is 1. The van der Waals surface area contributed by atoms with E-state index in [0.29, 0.717) is 17.1 Å². The lowest BCUT2D eigenvalue weighted by Crippen LogP contribution is -2.28. The van der Waals surface area contributed by atoms with Crippen LogP contribution in [0.3, 0.4) is 0 Å². The van der Waals surface area contributed by atoms with Crippen molar-refractivity contribution in [3.05, 3.63) is 71.3 Å². The van der Waals surface area contributed by atoms with E-state index in [1.807, 2.05) is 44.2 Å². The van der Waals surface area contributed by atoms with E-state index < -0.39 is 0 Å². The zero-order valence-electron chi connectivity index (χ0n) is 18.7. The van der Waals surface area contributed by atoms with Crippen molar-refractivity contribution in [1.82, 2.24) is 25.5 Å². The Hall–Kier alpha value is -4.03. The number of H-pyrrole nitrogens is 1. The van der Waals surface area contributed by atoms with Gasteiger partial charge in [0, 0.05) is 23.5 Å². The van der Waals surface area contributed by atoms with E-state index in [1.54, 1.807) is 18.5 Å². The maximum atomic E-state index is 12.5. The highest BCUT2D eigenvalue weighted by Crippen LogP contribution is 2.40. The molecule has 1 aliphatic rings. The average molecular weight is 471 g/mol. The van der Waals surface area contributed by atoms with Crippen LogP contribution in [0.15, 0.2) is 48.8 Å². The number of aromatic amines is 1. The predicted octanol–water partition coefficient (Wildman–Crippen LogP) is 4.67. The van der Waals surface area contributed by atoms with Crippen LogP contribution in [0.1, 0.15) is 53.6 Å². The van der Waals surface area contributed by atoms with E-state index >= 15 is 0 Å². The molecule has 9 heteroatoms. The van der Waals surface area contributed by atoms with E-state index in [0.717, 1.165) is 39.5 Å². The van der Waals surface area contributed by atoms with Crippen LogP contribution in [0, 0.1) is 11.3 Å². The van der Waals surface area contributed by atoms with Gasteiger partial charge in [-0.05, 0) is 56.0 Å². The molecule has 8 nitrogen and oxygen atoms in total. The van der Waals surface area contributed by atoms with Gasteiger partial charge in [0.1, 0.15) is 21.8 Å². The molecule has 170 valence electrons. The Morgan fingerprint density at radius 3 is 2.88 bits per heavy atom. The van der Waals surface area contributed by atoms with Crippen LogP contribution in [0.5, 0.6) is 5.75 Å². The molecule has 0 spiro atoms. The third-order valence-corrected chi connectivity index (χ3v) is 6.66. The molecule has 0 saturated heterocycles. The second-order valence-corrected chi connectivity index (χ2v) is 9.26. The number of hydrogen-bond donors (Lipinski definition) is 2. The van der Waals surface area contributed by atoms with Crippen LogP contribution in [0.4, 0.5) is 0 Å². The Balaban J connectivity index is 1.41. The molecule has 1 aliphatic carbocycles. The summed E-state index contributed by atoms with van der Waals surface area (Å²) < 4.78 is 5.72. The molecular weight excluding hydrogens is 448 g/mol. The second kappa shape index (κ2) is 9.08. The van der Waals surface area contributed by atoms with Crippen molar-refractivity contribution in [2.24, 2.45) is 0 Å². The fraction of sp³-hybridized carbons (Fsp3) is 0.240. The summed E-state index contributed by atoms with van der Waals surface area (Å²) in [5, 5.41) is 23.0. The second-order valence-electron chi connectivity index (χ2n) is 8.28. The van der Waals surface area contributed by atoms with Crippen LogP contribution in [0.2, 0.25) is 0 Å². The maximum Gasteiger partial charge on any atom is 0.287 e. The molecule has 0 unspecified atom stereocenters. The summed E-state index contributed by atoms with van der Waals surface area (Å²) in [6.45, 7) is 3.86. The number of benzene rings is 2. The first-order valence-electron chi connectivity index (χ1n) is 11.0. The number of nitrogens with zero attached hydrogens (tertiary/aromatic N) is 4. The average Bonchev–Trinajstić information content (AvgIpc) is 3.60. The number of hydrogen-bond acceptors (Lipinski definition) is 7. The summed E-state index contributed by atoms with van der Waals surface area (Å²) in [6.07, 6.45) is 4.83. The van der Waals surface area contributed by atoms with Gasteiger partial charge in [-0.3, -0.25) is 4.79 Å². The highest BCUT2D eigenvalue weighted by molar-refractivity contribution is 7.17. The summed E-state index contributed by atoms with van der Waals surface area (Å²) in [5.74, 6) is 0.652. The van der Waals surface area contributed by atoms with Crippen LogP contribution in [-0.4, -0.2) is 32.2 Å². The molecule has 2 aromatic carbocycles. The molecule has 5 rings (SSSR count). The van der Waals surface area contributed by atoms with E-state index in [9.17, 15) is 10.1 Å². The van der Waals surface area contributed by atoms with Crippen LogP contribution < -0.4 is 10.1 Å². The lowest BCUT2D eigenvalue weighted by Gasteiger charge is -2.13. The van der Waals surface area contributed by atoms with Gasteiger partial charge >= 0.3 is 0 Å². The van der Waals surface area contributed by atoms with Crippen molar-refractivity contribution in [1.29, 1.82) is 5.26 Å². The number of imidazole rings is 1. The lowest BCUT2D eigenvalue weighted by molar-refractivity contribution is 0.0927. The van der Waals surface area contributed by atoms with Crippen molar-refractivity contribution < 1.29 is 9.53 Å². The van der Waals surface area contributed by atoms with Gasteiger partial charge < -0.3 is 15.0 Å². The number of nitrogens with one attached hydrogen (secondary N) is 2. The van der Waals surface area contributed by atoms with Crippen molar-refractivity contribution in [2.75, 3.05) is 0 Å². The van der Waals surface area contributed by atoms with Gasteiger partial charge in [0.15, 0.2) is 5.82 Å². The number of aromatic nitrogens is 4. The molecular formula is C25H22N6O2S. The van der Waals surface area contributed by atoms with Crippen molar-refractivity contribution >= 4 is 17.2 Å². The molecule has 0 aliphatic heterocycles. The SMILES string of the molecule is CC(C)Oc1ccc(-c2nnc(-c3cccc4c3CC[C@@H]4NC(=O)c3ncc[nH]3)s2)cc1C#N. The maximum absolute atomic E-state index is 12.5. The molecule has 4 aromatic rings. The number of fused-ring (bicyclic) bond motifs is 1. The quantitative estimate of drug-likeness (QED) is 0.423. The minimum atomic E-state index is -0.218.